The van der Waals surface area contributed by atoms with Crippen molar-refractivity contribution >= 4 is 5.82 Å². The van der Waals surface area contributed by atoms with E-state index in [1.807, 2.05) is 0 Å². The Morgan fingerprint density at radius 3 is 2.89 bits per heavy atom. The van der Waals surface area contributed by atoms with Crippen LogP contribution in [0.2, 0.25) is 0 Å². The average molecular weight is 243 g/mol. The van der Waals surface area contributed by atoms with Crippen molar-refractivity contribution in [3.63, 3.8) is 0 Å². The normalized spacial score (nSPS) is 10.0. The van der Waals surface area contributed by atoms with Crippen molar-refractivity contribution in [3.8, 4) is 17.3 Å². The first-order valence-electron chi connectivity index (χ1n) is 5.00. The maximum Gasteiger partial charge on any atom is 0.312 e. The van der Waals surface area contributed by atoms with Crippen molar-refractivity contribution in [2.45, 2.75) is 0 Å². The number of pyridine rings is 1. The van der Waals surface area contributed by atoms with Gasteiger partial charge in [0.05, 0.1) is 0 Å². The van der Waals surface area contributed by atoms with Crippen molar-refractivity contribution < 1.29 is 4.73 Å². The van der Waals surface area contributed by atoms with Gasteiger partial charge in [-0.2, -0.15) is 5.26 Å². The van der Waals surface area contributed by atoms with Crippen LogP contribution in [0.25, 0.3) is 11.3 Å². The fourth-order valence-electron chi connectivity index (χ4n) is 1.46. The van der Waals surface area contributed by atoms with Crippen molar-refractivity contribution in [1.82, 2.24) is 9.55 Å². The van der Waals surface area contributed by atoms with Crippen LogP contribution in [-0.4, -0.2) is 9.55 Å². The highest BCUT2D eigenvalue weighted by molar-refractivity contribution is 5.58. The lowest BCUT2D eigenvalue weighted by Crippen LogP contribution is -2.32. The summed E-state index contributed by atoms with van der Waals surface area (Å²) in [6, 6.07) is 4.63. The van der Waals surface area contributed by atoms with Gasteiger partial charge in [-0.15, -0.1) is 0 Å². The van der Waals surface area contributed by atoms with Gasteiger partial charge in [-0.25, -0.2) is 9.71 Å². The summed E-state index contributed by atoms with van der Waals surface area (Å²) < 4.78 is 1.74. The number of hydrogen-bond acceptors (Lipinski definition) is 5. The molecule has 0 aliphatic carbocycles. The number of nitrogens with two attached hydrogens (primary N) is 1. The average Bonchev–Trinajstić information content (AvgIpc) is 2.36. The number of aryl methyl sites for hydroxylation is 1. The molecular weight excluding hydrogens is 234 g/mol. The van der Waals surface area contributed by atoms with E-state index in [2.05, 4.69) is 4.98 Å². The van der Waals surface area contributed by atoms with Crippen LogP contribution in [0, 0.1) is 16.5 Å². The van der Waals surface area contributed by atoms with E-state index in [0.29, 0.717) is 10.3 Å². The van der Waals surface area contributed by atoms with Crippen molar-refractivity contribution in [3.05, 3.63) is 45.8 Å². The first kappa shape index (κ1) is 11.6. The maximum absolute atomic E-state index is 11.5. The lowest BCUT2D eigenvalue weighted by molar-refractivity contribution is -0.589. The first-order valence-corrected chi connectivity index (χ1v) is 5.00. The zero-order valence-corrected chi connectivity index (χ0v) is 9.49. The summed E-state index contributed by atoms with van der Waals surface area (Å²) in [5.41, 5.74) is 5.92. The fraction of sp³-hybridized carbons (Fsp3) is 0.0909. The predicted molar refractivity (Wildman–Crippen MR) is 63.0 cm³/mol. The van der Waals surface area contributed by atoms with Crippen LogP contribution in [0.15, 0.2) is 29.3 Å². The summed E-state index contributed by atoms with van der Waals surface area (Å²) in [5, 5.41) is 20.3. The van der Waals surface area contributed by atoms with E-state index in [9.17, 15) is 10.0 Å². The molecular formula is C11H9N5O2. The van der Waals surface area contributed by atoms with Crippen molar-refractivity contribution in [1.29, 1.82) is 5.26 Å². The van der Waals surface area contributed by atoms with Crippen LogP contribution in [-0.2, 0) is 7.05 Å². The molecule has 7 nitrogen and oxygen atoms in total. The molecule has 0 aliphatic rings. The number of nitrogen functional groups attached to an aromatic ring is 1. The molecule has 0 bridgehead atoms. The number of hydrogen-bond donors (Lipinski definition) is 1. The topological polar surface area (TPSA) is 112 Å². The Morgan fingerprint density at radius 2 is 2.28 bits per heavy atom. The van der Waals surface area contributed by atoms with Crippen molar-refractivity contribution in [2.24, 2.45) is 7.05 Å². The minimum atomic E-state index is -0.244. The Balaban J connectivity index is 2.65. The van der Waals surface area contributed by atoms with E-state index in [1.54, 1.807) is 13.1 Å². The molecule has 2 heterocycles. The molecule has 0 atom stereocenters. The van der Waals surface area contributed by atoms with Gasteiger partial charge in [-0.3, -0.25) is 10.5 Å². The first-order chi connectivity index (χ1) is 8.52. The Morgan fingerprint density at radius 1 is 1.56 bits per heavy atom. The second-order valence-corrected chi connectivity index (χ2v) is 3.66. The summed E-state index contributed by atoms with van der Waals surface area (Å²) in [6.07, 6.45) is 2.69. The smallest absolute Gasteiger partial charge is 0.312 e. The largest absolute Gasteiger partial charge is 0.710 e. The van der Waals surface area contributed by atoms with Crippen LogP contribution < -0.4 is 16.0 Å². The van der Waals surface area contributed by atoms with E-state index in [0.717, 1.165) is 6.20 Å². The van der Waals surface area contributed by atoms with E-state index in [4.69, 9.17) is 11.0 Å². The van der Waals surface area contributed by atoms with Gasteiger partial charge in [-0.05, 0) is 6.07 Å². The third kappa shape index (κ3) is 1.87. The Labute approximate surface area is 102 Å². The van der Waals surface area contributed by atoms with Gasteiger partial charge in [0.15, 0.2) is 0 Å². The van der Waals surface area contributed by atoms with E-state index in [1.165, 1.54) is 22.9 Å². The number of rotatable bonds is 1. The fourth-order valence-corrected chi connectivity index (χ4v) is 1.46. The number of nitrogens with zero attached hydrogens (tertiary/aromatic N) is 4. The molecule has 0 fully saturated rings. The van der Waals surface area contributed by atoms with E-state index in [-0.39, 0.29) is 22.8 Å². The molecule has 0 radical (unpaired) electrons. The third-order valence-electron chi connectivity index (χ3n) is 2.44. The highest BCUT2D eigenvalue weighted by Gasteiger charge is 2.12. The van der Waals surface area contributed by atoms with Gasteiger partial charge in [0.1, 0.15) is 18.0 Å². The van der Waals surface area contributed by atoms with Crippen LogP contribution in [0.1, 0.15) is 5.69 Å². The van der Waals surface area contributed by atoms with Crippen molar-refractivity contribution in [2.75, 3.05) is 5.73 Å². The Hall–Kier alpha value is -2.88. The molecule has 0 saturated carbocycles. The molecule has 2 rings (SSSR count). The third-order valence-corrected chi connectivity index (χ3v) is 2.44. The number of nitriles is 1. The molecule has 0 aliphatic heterocycles. The molecule has 0 spiro atoms. The lowest BCUT2D eigenvalue weighted by Gasteiger charge is -2.08. The summed E-state index contributed by atoms with van der Waals surface area (Å²) in [5.74, 6) is -0.244. The molecule has 0 aromatic carbocycles. The Bertz CT molecular complexity index is 714. The van der Waals surface area contributed by atoms with Crippen LogP contribution in [0.4, 0.5) is 5.82 Å². The van der Waals surface area contributed by atoms with Gasteiger partial charge in [0, 0.05) is 24.9 Å². The minimum absolute atomic E-state index is 0.142. The molecule has 18 heavy (non-hydrogen) atoms. The number of aromatic nitrogens is 3. The second-order valence-electron chi connectivity index (χ2n) is 3.66. The van der Waals surface area contributed by atoms with E-state index >= 15 is 0 Å². The molecule has 2 N–H and O–H groups in total. The van der Waals surface area contributed by atoms with Gasteiger partial charge in [-0.1, -0.05) is 0 Å². The SMILES string of the molecule is Cn1cc(-c2c[n+]([O-])c(N)c(C#N)n2)ccc1=O. The number of anilines is 1. The standard InChI is InChI=1S/C11H9N5O2/c1-15-5-7(2-3-10(15)17)9-6-16(18)11(13)8(4-12)14-9/h2-3,5-6H,13H2,1H3. The van der Waals surface area contributed by atoms with Gasteiger partial charge >= 0.3 is 5.82 Å². The van der Waals surface area contributed by atoms with Gasteiger partial charge in [0.2, 0.25) is 11.3 Å². The molecule has 2 aromatic heterocycles. The van der Waals surface area contributed by atoms with E-state index < -0.39 is 0 Å². The predicted octanol–water partition coefficient (Wildman–Crippen LogP) is -0.465. The highest BCUT2D eigenvalue weighted by atomic mass is 16.5. The molecule has 7 heteroatoms. The van der Waals surface area contributed by atoms with Crippen LogP contribution >= 0.6 is 0 Å². The quantitative estimate of drug-likeness (QED) is 0.537. The van der Waals surface area contributed by atoms with Crippen LogP contribution in [0.5, 0.6) is 0 Å². The summed E-state index contributed by atoms with van der Waals surface area (Å²) in [7, 11) is 1.58. The molecule has 0 unspecified atom stereocenters. The summed E-state index contributed by atoms with van der Waals surface area (Å²) in [6.45, 7) is 0. The molecule has 0 saturated heterocycles. The zero-order valence-electron chi connectivity index (χ0n) is 9.49. The maximum atomic E-state index is 11.5. The highest BCUT2D eigenvalue weighted by Crippen LogP contribution is 2.15. The summed E-state index contributed by atoms with van der Waals surface area (Å²) in [4.78, 5) is 15.2. The molecule has 90 valence electrons. The van der Waals surface area contributed by atoms with Gasteiger partial charge in [0.25, 0.3) is 0 Å². The van der Waals surface area contributed by atoms with Crippen LogP contribution in [0.3, 0.4) is 0 Å². The minimum Gasteiger partial charge on any atom is -0.710 e. The molecule has 0 amide bonds. The monoisotopic (exact) mass is 243 g/mol. The van der Waals surface area contributed by atoms with Gasteiger partial charge < -0.3 is 9.77 Å². The zero-order chi connectivity index (χ0) is 13.3. The lowest BCUT2D eigenvalue weighted by atomic mass is 10.2. The summed E-state index contributed by atoms with van der Waals surface area (Å²) >= 11 is 0. The Kier molecular flexibility index (Phi) is 2.69. The molecule has 2 aromatic rings. The second kappa shape index (κ2) is 4.18.